The number of rotatable bonds is 3. The SMILES string of the molecule is Cc1[nH]ncc1CNC(=O)c1cccc(N)n1. The predicted molar refractivity (Wildman–Crippen MR) is 63.1 cm³/mol. The minimum Gasteiger partial charge on any atom is -0.384 e. The van der Waals surface area contributed by atoms with Gasteiger partial charge in [-0.2, -0.15) is 5.10 Å². The molecule has 0 spiro atoms. The van der Waals surface area contributed by atoms with Gasteiger partial charge < -0.3 is 11.1 Å². The molecule has 17 heavy (non-hydrogen) atoms. The second kappa shape index (κ2) is 4.65. The van der Waals surface area contributed by atoms with Gasteiger partial charge in [-0.05, 0) is 19.1 Å². The van der Waals surface area contributed by atoms with Gasteiger partial charge in [0.05, 0.1) is 6.20 Å². The van der Waals surface area contributed by atoms with E-state index in [1.165, 1.54) is 0 Å². The molecule has 88 valence electrons. The number of anilines is 1. The Labute approximate surface area is 98.3 Å². The normalized spacial score (nSPS) is 10.2. The van der Waals surface area contributed by atoms with Gasteiger partial charge in [0.2, 0.25) is 0 Å². The fraction of sp³-hybridized carbons (Fsp3) is 0.182. The molecule has 0 aliphatic carbocycles. The molecule has 0 saturated carbocycles. The van der Waals surface area contributed by atoms with Gasteiger partial charge in [0.15, 0.2) is 0 Å². The first-order valence-electron chi connectivity index (χ1n) is 5.16. The Hall–Kier alpha value is -2.37. The number of amides is 1. The topological polar surface area (TPSA) is 96.7 Å². The Kier molecular flexibility index (Phi) is 3.04. The number of carbonyl (C=O) groups excluding carboxylic acids is 1. The molecule has 0 aliphatic rings. The number of hydrogen-bond donors (Lipinski definition) is 3. The summed E-state index contributed by atoms with van der Waals surface area (Å²) in [5.41, 5.74) is 7.70. The molecule has 0 aliphatic heterocycles. The fourth-order valence-electron chi connectivity index (χ4n) is 1.40. The van der Waals surface area contributed by atoms with Crippen LogP contribution in [0.1, 0.15) is 21.7 Å². The highest BCUT2D eigenvalue weighted by molar-refractivity contribution is 5.92. The average molecular weight is 231 g/mol. The van der Waals surface area contributed by atoms with Crippen molar-refractivity contribution in [2.75, 3.05) is 5.73 Å². The molecule has 0 bridgehead atoms. The van der Waals surface area contributed by atoms with Crippen molar-refractivity contribution in [3.05, 3.63) is 41.3 Å². The van der Waals surface area contributed by atoms with E-state index in [1.807, 2.05) is 6.92 Å². The number of pyridine rings is 1. The zero-order valence-electron chi connectivity index (χ0n) is 9.40. The molecular weight excluding hydrogens is 218 g/mol. The van der Waals surface area contributed by atoms with Crippen LogP contribution in [0, 0.1) is 6.92 Å². The summed E-state index contributed by atoms with van der Waals surface area (Å²) in [5.74, 6) is 0.0787. The van der Waals surface area contributed by atoms with Crippen LogP contribution < -0.4 is 11.1 Å². The molecule has 2 aromatic rings. The standard InChI is InChI=1S/C11H13N5O/c1-7-8(6-14-16-7)5-13-11(17)9-3-2-4-10(12)15-9/h2-4,6H,5H2,1H3,(H2,12,15)(H,13,17)(H,14,16). The Morgan fingerprint density at radius 1 is 1.53 bits per heavy atom. The lowest BCUT2D eigenvalue weighted by atomic mass is 10.2. The highest BCUT2D eigenvalue weighted by Crippen LogP contribution is 2.03. The van der Waals surface area contributed by atoms with E-state index in [-0.39, 0.29) is 5.91 Å². The van der Waals surface area contributed by atoms with Gasteiger partial charge in [-0.1, -0.05) is 6.07 Å². The Morgan fingerprint density at radius 2 is 2.35 bits per heavy atom. The van der Waals surface area contributed by atoms with Crippen molar-refractivity contribution in [1.29, 1.82) is 0 Å². The summed E-state index contributed by atoms with van der Waals surface area (Å²) in [4.78, 5) is 15.7. The number of H-pyrrole nitrogens is 1. The number of nitrogens with zero attached hydrogens (tertiary/aromatic N) is 2. The minimum absolute atomic E-state index is 0.252. The van der Waals surface area contributed by atoms with E-state index in [9.17, 15) is 4.79 Å². The highest BCUT2D eigenvalue weighted by atomic mass is 16.1. The molecular formula is C11H13N5O. The van der Waals surface area contributed by atoms with Crippen molar-refractivity contribution < 1.29 is 4.79 Å². The van der Waals surface area contributed by atoms with E-state index >= 15 is 0 Å². The second-order valence-corrected chi connectivity index (χ2v) is 3.65. The number of nitrogen functional groups attached to an aromatic ring is 1. The lowest BCUT2D eigenvalue weighted by Gasteiger charge is -2.04. The molecule has 2 aromatic heterocycles. The minimum atomic E-state index is -0.252. The van der Waals surface area contributed by atoms with Crippen molar-refractivity contribution in [3.8, 4) is 0 Å². The zero-order valence-corrected chi connectivity index (χ0v) is 9.40. The van der Waals surface area contributed by atoms with Gasteiger partial charge in [0.25, 0.3) is 5.91 Å². The zero-order chi connectivity index (χ0) is 12.3. The number of aryl methyl sites for hydroxylation is 1. The maximum atomic E-state index is 11.7. The van der Waals surface area contributed by atoms with E-state index in [0.717, 1.165) is 11.3 Å². The van der Waals surface area contributed by atoms with Crippen LogP contribution in [0.3, 0.4) is 0 Å². The number of carbonyl (C=O) groups is 1. The van der Waals surface area contributed by atoms with Crippen LogP contribution >= 0.6 is 0 Å². The van der Waals surface area contributed by atoms with Crippen molar-refractivity contribution in [1.82, 2.24) is 20.5 Å². The van der Waals surface area contributed by atoms with Crippen LogP contribution in [0.5, 0.6) is 0 Å². The van der Waals surface area contributed by atoms with Crippen LogP contribution in [0.25, 0.3) is 0 Å². The highest BCUT2D eigenvalue weighted by Gasteiger charge is 2.08. The molecule has 0 fully saturated rings. The largest absolute Gasteiger partial charge is 0.384 e. The van der Waals surface area contributed by atoms with E-state index in [4.69, 9.17) is 5.73 Å². The number of aromatic nitrogens is 3. The maximum Gasteiger partial charge on any atom is 0.270 e. The molecule has 2 heterocycles. The first-order valence-corrected chi connectivity index (χ1v) is 5.16. The van der Waals surface area contributed by atoms with Gasteiger partial charge in [-0.15, -0.1) is 0 Å². The van der Waals surface area contributed by atoms with E-state index in [0.29, 0.717) is 18.1 Å². The summed E-state index contributed by atoms with van der Waals surface area (Å²) in [7, 11) is 0. The molecule has 0 aromatic carbocycles. The molecule has 0 radical (unpaired) electrons. The average Bonchev–Trinajstić information content (AvgIpc) is 2.72. The summed E-state index contributed by atoms with van der Waals surface area (Å²) in [6, 6.07) is 4.95. The van der Waals surface area contributed by atoms with E-state index in [2.05, 4.69) is 20.5 Å². The monoisotopic (exact) mass is 231 g/mol. The number of nitrogens with one attached hydrogen (secondary N) is 2. The molecule has 6 nitrogen and oxygen atoms in total. The van der Waals surface area contributed by atoms with Gasteiger partial charge in [0.1, 0.15) is 11.5 Å². The first-order chi connectivity index (χ1) is 8.16. The fourth-order valence-corrected chi connectivity index (χ4v) is 1.40. The van der Waals surface area contributed by atoms with E-state index in [1.54, 1.807) is 24.4 Å². The van der Waals surface area contributed by atoms with Crippen LogP contribution in [0.2, 0.25) is 0 Å². The second-order valence-electron chi connectivity index (χ2n) is 3.65. The predicted octanol–water partition coefficient (Wildman–Crippen LogP) is 0.625. The van der Waals surface area contributed by atoms with Gasteiger partial charge in [0, 0.05) is 17.8 Å². The molecule has 0 saturated heterocycles. The summed E-state index contributed by atoms with van der Waals surface area (Å²) >= 11 is 0. The van der Waals surface area contributed by atoms with Crippen molar-refractivity contribution in [2.45, 2.75) is 13.5 Å². The molecule has 0 unspecified atom stereocenters. The molecule has 1 amide bonds. The number of nitrogens with two attached hydrogens (primary N) is 1. The third-order valence-corrected chi connectivity index (χ3v) is 2.38. The number of hydrogen-bond acceptors (Lipinski definition) is 4. The third kappa shape index (κ3) is 2.60. The number of aromatic amines is 1. The summed E-state index contributed by atoms with van der Waals surface area (Å²) in [6.07, 6.45) is 1.68. The van der Waals surface area contributed by atoms with Crippen molar-refractivity contribution >= 4 is 11.7 Å². The Bertz CT molecular complexity index is 534. The third-order valence-electron chi connectivity index (χ3n) is 2.38. The maximum absolute atomic E-state index is 11.7. The van der Waals surface area contributed by atoms with Gasteiger partial charge in [-0.25, -0.2) is 4.98 Å². The van der Waals surface area contributed by atoms with E-state index < -0.39 is 0 Å². The van der Waals surface area contributed by atoms with Gasteiger partial charge in [-0.3, -0.25) is 9.89 Å². The van der Waals surface area contributed by atoms with Crippen LogP contribution in [-0.2, 0) is 6.54 Å². The quantitative estimate of drug-likeness (QED) is 0.721. The molecule has 2 rings (SSSR count). The lowest BCUT2D eigenvalue weighted by Crippen LogP contribution is -2.24. The summed E-state index contributed by atoms with van der Waals surface area (Å²) in [6.45, 7) is 2.31. The smallest absolute Gasteiger partial charge is 0.270 e. The molecule has 0 atom stereocenters. The molecule has 6 heteroatoms. The van der Waals surface area contributed by atoms with Crippen LogP contribution in [0.4, 0.5) is 5.82 Å². The van der Waals surface area contributed by atoms with Crippen molar-refractivity contribution in [3.63, 3.8) is 0 Å². The van der Waals surface area contributed by atoms with Gasteiger partial charge >= 0.3 is 0 Å². The lowest BCUT2D eigenvalue weighted by molar-refractivity contribution is 0.0946. The molecule has 4 N–H and O–H groups in total. The Morgan fingerprint density at radius 3 is 3.00 bits per heavy atom. The first kappa shape index (κ1) is 11.1. The van der Waals surface area contributed by atoms with Crippen LogP contribution in [-0.4, -0.2) is 21.1 Å². The Balaban J connectivity index is 2.01. The summed E-state index contributed by atoms with van der Waals surface area (Å²) in [5, 5.41) is 9.43. The summed E-state index contributed by atoms with van der Waals surface area (Å²) < 4.78 is 0. The van der Waals surface area contributed by atoms with Crippen LogP contribution in [0.15, 0.2) is 24.4 Å². The van der Waals surface area contributed by atoms with Crippen molar-refractivity contribution in [2.24, 2.45) is 0 Å².